The second kappa shape index (κ2) is 5.66. The fourth-order valence-corrected chi connectivity index (χ4v) is 3.64. The maximum Gasteiger partial charge on any atom is 0.225 e. The molecule has 0 spiro atoms. The molecule has 0 amide bonds. The Kier molecular flexibility index (Phi) is 3.89. The summed E-state index contributed by atoms with van der Waals surface area (Å²) >= 11 is 0. The molecule has 1 aromatic rings. The van der Waals surface area contributed by atoms with Crippen LogP contribution in [0.15, 0.2) is 18.5 Å². The van der Waals surface area contributed by atoms with Crippen LogP contribution in [-0.4, -0.2) is 53.1 Å². The third kappa shape index (κ3) is 2.40. The Labute approximate surface area is 121 Å². The van der Waals surface area contributed by atoms with E-state index in [4.69, 9.17) is 5.73 Å². The van der Waals surface area contributed by atoms with Gasteiger partial charge in [-0.3, -0.25) is 4.90 Å². The summed E-state index contributed by atoms with van der Waals surface area (Å²) in [5.41, 5.74) is 6.40. The molecular weight excluding hydrogens is 250 g/mol. The van der Waals surface area contributed by atoms with E-state index in [2.05, 4.69) is 26.7 Å². The minimum atomic E-state index is 0.240. The molecule has 2 N–H and O–H groups in total. The molecule has 1 saturated heterocycles. The van der Waals surface area contributed by atoms with Crippen molar-refractivity contribution in [3.8, 4) is 0 Å². The molecular formula is C15H25N5. The standard InChI is InChI=1S/C15H25N5/c1-2-15(12-16,13-4-5-13)20-10-8-19(9-11-20)14-17-6-3-7-18-14/h3,6-7,13H,2,4-5,8-12,16H2,1H3. The maximum absolute atomic E-state index is 6.16. The van der Waals surface area contributed by atoms with E-state index in [1.165, 1.54) is 12.8 Å². The van der Waals surface area contributed by atoms with Crippen LogP contribution in [0.25, 0.3) is 0 Å². The minimum Gasteiger partial charge on any atom is -0.338 e. The van der Waals surface area contributed by atoms with Gasteiger partial charge in [0.25, 0.3) is 0 Å². The number of anilines is 1. The topological polar surface area (TPSA) is 58.3 Å². The molecule has 2 heterocycles. The van der Waals surface area contributed by atoms with Crippen LogP contribution in [0.3, 0.4) is 0 Å². The van der Waals surface area contributed by atoms with E-state index in [0.717, 1.165) is 51.0 Å². The number of nitrogens with zero attached hydrogens (tertiary/aromatic N) is 4. The minimum absolute atomic E-state index is 0.240. The van der Waals surface area contributed by atoms with Crippen LogP contribution in [0, 0.1) is 5.92 Å². The highest BCUT2D eigenvalue weighted by Crippen LogP contribution is 2.44. The largest absolute Gasteiger partial charge is 0.338 e. The van der Waals surface area contributed by atoms with Gasteiger partial charge >= 0.3 is 0 Å². The zero-order chi connectivity index (χ0) is 14.0. The van der Waals surface area contributed by atoms with Crippen molar-refractivity contribution >= 4 is 5.95 Å². The lowest BCUT2D eigenvalue weighted by atomic mass is 9.87. The van der Waals surface area contributed by atoms with E-state index in [1.54, 1.807) is 0 Å². The Bertz CT molecular complexity index is 419. The normalized spacial score (nSPS) is 23.6. The summed E-state index contributed by atoms with van der Waals surface area (Å²) in [6.07, 6.45) is 7.50. The van der Waals surface area contributed by atoms with Gasteiger partial charge in [-0.1, -0.05) is 6.92 Å². The molecule has 0 radical (unpaired) electrons. The molecule has 20 heavy (non-hydrogen) atoms. The summed E-state index contributed by atoms with van der Waals surface area (Å²) < 4.78 is 0. The smallest absolute Gasteiger partial charge is 0.225 e. The molecule has 5 nitrogen and oxygen atoms in total. The predicted octanol–water partition coefficient (Wildman–Crippen LogP) is 1.12. The summed E-state index contributed by atoms with van der Waals surface area (Å²) in [5, 5.41) is 0. The molecule has 1 aromatic heterocycles. The van der Waals surface area contributed by atoms with Crippen molar-refractivity contribution in [2.45, 2.75) is 31.7 Å². The first-order valence-electron chi connectivity index (χ1n) is 7.77. The molecule has 0 bridgehead atoms. The van der Waals surface area contributed by atoms with Crippen molar-refractivity contribution in [3.63, 3.8) is 0 Å². The third-order valence-corrected chi connectivity index (χ3v) is 5.05. The van der Waals surface area contributed by atoms with Crippen molar-refractivity contribution < 1.29 is 0 Å². The lowest BCUT2D eigenvalue weighted by Crippen LogP contribution is -2.61. The highest BCUT2D eigenvalue weighted by Gasteiger charge is 2.47. The van der Waals surface area contributed by atoms with Gasteiger partial charge in [-0.05, 0) is 31.2 Å². The highest BCUT2D eigenvalue weighted by atomic mass is 15.3. The second-order valence-corrected chi connectivity index (χ2v) is 5.96. The highest BCUT2D eigenvalue weighted by molar-refractivity contribution is 5.29. The van der Waals surface area contributed by atoms with Gasteiger partial charge in [0.2, 0.25) is 5.95 Å². The number of hydrogen-bond acceptors (Lipinski definition) is 5. The molecule has 1 aliphatic carbocycles. The molecule has 2 fully saturated rings. The number of nitrogens with two attached hydrogens (primary N) is 1. The molecule has 5 heteroatoms. The predicted molar refractivity (Wildman–Crippen MR) is 80.6 cm³/mol. The van der Waals surface area contributed by atoms with Crippen LogP contribution in [0.1, 0.15) is 26.2 Å². The van der Waals surface area contributed by atoms with Gasteiger partial charge in [0.15, 0.2) is 0 Å². The number of hydrogen-bond donors (Lipinski definition) is 1. The first-order chi connectivity index (χ1) is 9.80. The Morgan fingerprint density at radius 1 is 1.20 bits per heavy atom. The van der Waals surface area contributed by atoms with E-state index >= 15 is 0 Å². The summed E-state index contributed by atoms with van der Waals surface area (Å²) in [7, 11) is 0. The molecule has 3 rings (SSSR count). The first-order valence-corrected chi connectivity index (χ1v) is 7.77. The van der Waals surface area contributed by atoms with Crippen molar-refractivity contribution in [1.29, 1.82) is 0 Å². The lowest BCUT2D eigenvalue weighted by molar-refractivity contribution is 0.0620. The molecule has 0 aromatic carbocycles. The third-order valence-electron chi connectivity index (χ3n) is 5.05. The van der Waals surface area contributed by atoms with Crippen LogP contribution in [0.4, 0.5) is 5.95 Å². The Morgan fingerprint density at radius 2 is 1.85 bits per heavy atom. The lowest BCUT2D eigenvalue weighted by Gasteiger charge is -2.47. The molecule has 110 valence electrons. The van der Waals surface area contributed by atoms with Gasteiger partial charge in [0, 0.05) is 50.7 Å². The molecule has 2 aliphatic rings. The van der Waals surface area contributed by atoms with Gasteiger partial charge in [0.1, 0.15) is 0 Å². The second-order valence-electron chi connectivity index (χ2n) is 5.96. The van der Waals surface area contributed by atoms with E-state index in [9.17, 15) is 0 Å². The van der Waals surface area contributed by atoms with E-state index in [0.29, 0.717) is 0 Å². The van der Waals surface area contributed by atoms with Crippen molar-refractivity contribution in [2.75, 3.05) is 37.6 Å². The van der Waals surface area contributed by atoms with Crippen LogP contribution in [-0.2, 0) is 0 Å². The van der Waals surface area contributed by atoms with Crippen LogP contribution in [0.5, 0.6) is 0 Å². The van der Waals surface area contributed by atoms with E-state index < -0.39 is 0 Å². The molecule has 1 unspecified atom stereocenters. The summed E-state index contributed by atoms with van der Waals surface area (Å²) in [5.74, 6) is 1.67. The average molecular weight is 275 g/mol. The quantitative estimate of drug-likeness (QED) is 0.872. The van der Waals surface area contributed by atoms with Crippen molar-refractivity contribution in [2.24, 2.45) is 11.7 Å². The van der Waals surface area contributed by atoms with Crippen molar-refractivity contribution in [1.82, 2.24) is 14.9 Å². The van der Waals surface area contributed by atoms with Crippen molar-refractivity contribution in [3.05, 3.63) is 18.5 Å². The van der Waals surface area contributed by atoms with Gasteiger partial charge < -0.3 is 10.6 Å². The SMILES string of the molecule is CCC(CN)(C1CC1)N1CCN(c2ncccn2)CC1. The molecule has 1 saturated carbocycles. The van der Waals surface area contributed by atoms with Gasteiger partial charge in [0.05, 0.1) is 0 Å². The fraction of sp³-hybridized carbons (Fsp3) is 0.733. The maximum atomic E-state index is 6.16. The molecule has 1 atom stereocenters. The monoisotopic (exact) mass is 275 g/mol. The van der Waals surface area contributed by atoms with E-state index in [-0.39, 0.29) is 5.54 Å². The van der Waals surface area contributed by atoms with Crippen LogP contribution in [0.2, 0.25) is 0 Å². The van der Waals surface area contributed by atoms with Crippen LogP contribution < -0.4 is 10.6 Å². The summed E-state index contributed by atoms with van der Waals surface area (Å²) in [6.45, 7) is 7.21. The number of aromatic nitrogens is 2. The Morgan fingerprint density at radius 3 is 2.35 bits per heavy atom. The van der Waals surface area contributed by atoms with Gasteiger partial charge in [-0.2, -0.15) is 0 Å². The fourth-order valence-electron chi connectivity index (χ4n) is 3.64. The average Bonchev–Trinajstić information content (AvgIpc) is 3.36. The summed E-state index contributed by atoms with van der Waals surface area (Å²) in [6, 6.07) is 1.86. The summed E-state index contributed by atoms with van der Waals surface area (Å²) in [4.78, 5) is 13.6. The van der Waals surface area contributed by atoms with E-state index in [1.807, 2.05) is 18.5 Å². The first kappa shape index (κ1) is 13.8. The van der Waals surface area contributed by atoms with Gasteiger partial charge in [-0.25, -0.2) is 9.97 Å². The number of piperazine rings is 1. The molecule has 1 aliphatic heterocycles. The number of rotatable bonds is 5. The van der Waals surface area contributed by atoms with Crippen LogP contribution >= 0.6 is 0 Å². The van der Waals surface area contributed by atoms with Gasteiger partial charge in [-0.15, -0.1) is 0 Å². The Hall–Kier alpha value is -1.20. The zero-order valence-corrected chi connectivity index (χ0v) is 12.3. The Balaban J connectivity index is 1.66. The zero-order valence-electron chi connectivity index (χ0n) is 12.3.